The second-order valence-electron chi connectivity index (χ2n) is 6.24. The third-order valence-electron chi connectivity index (χ3n) is 4.15. The molecule has 1 unspecified atom stereocenters. The van der Waals surface area contributed by atoms with Crippen molar-refractivity contribution < 1.29 is 9.53 Å². The third kappa shape index (κ3) is 4.45. The third-order valence-corrected chi connectivity index (χ3v) is 6.29. The van der Waals surface area contributed by atoms with Crippen molar-refractivity contribution in [2.24, 2.45) is 0 Å². The number of amides is 1. The van der Waals surface area contributed by atoms with Gasteiger partial charge in [0.2, 0.25) is 5.91 Å². The Morgan fingerprint density at radius 1 is 1.33 bits per heavy atom. The van der Waals surface area contributed by atoms with Gasteiger partial charge in [-0.2, -0.15) is 0 Å². The summed E-state index contributed by atoms with van der Waals surface area (Å²) in [5.74, 6) is 1.24. The molecule has 27 heavy (non-hydrogen) atoms. The average Bonchev–Trinajstić information content (AvgIpc) is 3.30. The highest BCUT2D eigenvalue weighted by molar-refractivity contribution is 8.01. The summed E-state index contributed by atoms with van der Waals surface area (Å²) in [5, 5.41) is 4.94. The van der Waals surface area contributed by atoms with Crippen LogP contribution in [-0.4, -0.2) is 39.3 Å². The van der Waals surface area contributed by atoms with Crippen LogP contribution in [0, 0.1) is 6.92 Å². The maximum Gasteiger partial charge on any atom is 0.230 e. The topological polar surface area (TPSA) is 77.0 Å². The number of hydrogen-bond donors (Lipinski definition) is 1. The van der Waals surface area contributed by atoms with Crippen LogP contribution in [0.4, 0.5) is 0 Å². The van der Waals surface area contributed by atoms with Crippen molar-refractivity contribution in [1.82, 2.24) is 20.3 Å². The zero-order chi connectivity index (χ0) is 18.6. The molecule has 4 rings (SSSR count). The number of thiazole rings is 1. The van der Waals surface area contributed by atoms with Gasteiger partial charge in [0.15, 0.2) is 4.34 Å². The van der Waals surface area contributed by atoms with Crippen molar-refractivity contribution >= 4 is 29.0 Å². The summed E-state index contributed by atoms with van der Waals surface area (Å²) in [5.41, 5.74) is 4.17. The number of fused-ring (bicyclic) bond motifs is 1. The molecular weight excluding hydrogens is 380 g/mol. The second-order valence-corrected chi connectivity index (χ2v) is 8.32. The van der Waals surface area contributed by atoms with Crippen molar-refractivity contribution in [3.8, 4) is 16.9 Å². The highest BCUT2D eigenvalue weighted by atomic mass is 32.2. The predicted molar refractivity (Wildman–Crippen MR) is 106 cm³/mol. The molecule has 1 atom stereocenters. The van der Waals surface area contributed by atoms with Crippen LogP contribution in [-0.2, 0) is 11.2 Å². The Labute approximate surface area is 165 Å². The van der Waals surface area contributed by atoms with E-state index in [0.29, 0.717) is 12.3 Å². The highest BCUT2D eigenvalue weighted by Crippen LogP contribution is 2.32. The van der Waals surface area contributed by atoms with Crippen LogP contribution >= 0.6 is 23.1 Å². The van der Waals surface area contributed by atoms with Crippen LogP contribution in [0.3, 0.4) is 0 Å². The van der Waals surface area contributed by atoms with Crippen LogP contribution in [0.5, 0.6) is 5.75 Å². The van der Waals surface area contributed by atoms with Crippen molar-refractivity contribution in [2.45, 2.75) is 23.8 Å². The molecule has 0 aliphatic carbocycles. The van der Waals surface area contributed by atoms with E-state index in [9.17, 15) is 4.79 Å². The zero-order valence-corrected chi connectivity index (χ0v) is 16.3. The first-order valence-corrected chi connectivity index (χ1v) is 10.4. The molecule has 6 nitrogen and oxygen atoms in total. The van der Waals surface area contributed by atoms with Crippen molar-refractivity contribution in [1.29, 1.82) is 0 Å². The summed E-state index contributed by atoms with van der Waals surface area (Å²) in [6.07, 6.45) is 5.84. The largest absolute Gasteiger partial charge is 0.488 e. The minimum Gasteiger partial charge on any atom is -0.488 e. The number of aromatic nitrogens is 3. The Kier molecular flexibility index (Phi) is 5.35. The van der Waals surface area contributed by atoms with Gasteiger partial charge in [-0.25, -0.2) is 15.0 Å². The second kappa shape index (κ2) is 8.06. The number of rotatable bonds is 6. The quantitative estimate of drug-likeness (QED) is 0.643. The Hall–Kier alpha value is -2.45. The van der Waals surface area contributed by atoms with Gasteiger partial charge in [-0.15, -0.1) is 11.3 Å². The number of carbonyl (C=O) groups is 1. The Balaban J connectivity index is 1.29. The summed E-state index contributed by atoms with van der Waals surface area (Å²) in [4.78, 5) is 24.5. The van der Waals surface area contributed by atoms with Gasteiger partial charge in [0.1, 0.15) is 18.2 Å². The van der Waals surface area contributed by atoms with E-state index in [-0.39, 0.29) is 12.0 Å². The molecule has 3 heterocycles. The molecule has 1 amide bonds. The van der Waals surface area contributed by atoms with Gasteiger partial charge in [0.05, 0.1) is 12.3 Å². The van der Waals surface area contributed by atoms with E-state index in [1.54, 1.807) is 23.7 Å². The predicted octanol–water partition coefficient (Wildman–Crippen LogP) is 3.12. The molecule has 1 aliphatic heterocycles. The fourth-order valence-corrected chi connectivity index (χ4v) is 4.55. The van der Waals surface area contributed by atoms with Gasteiger partial charge in [0.25, 0.3) is 0 Å². The molecule has 1 aliphatic rings. The lowest BCUT2D eigenvalue weighted by Gasteiger charge is -2.11. The smallest absolute Gasteiger partial charge is 0.230 e. The zero-order valence-electron chi connectivity index (χ0n) is 14.7. The molecule has 1 N–H and O–H groups in total. The number of thioether (sulfide) groups is 1. The van der Waals surface area contributed by atoms with Gasteiger partial charge in [0, 0.05) is 35.5 Å². The van der Waals surface area contributed by atoms with Gasteiger partial charge in [-0.05, 0) is 30.2 Å². The maximum atomic E-state index is 12.1. The normalized spacial score (nSPS) is 15.2. The molecule has 3 aromatic rings. The first-order valence-electron chi connectivity index (χ1n) is 8.54. The van der Waals surface area contributed by atoms with E-state index >= 15 is 0 Å². The summed E-state index contributed by atoms with van der Waals surface area (Å²) in [7, 11) is 0. The van der Waals surface area contributed by atoms with E-state index in [0.717, 1.165) is 38.9 Å². The number of benzene rings is 1. The Bertz CT molecular complexity index is 946. The number of hydrogen-bond acceptors (Lipinski definition) is 7. The van der Waals surface area contributed by atoms with E-state index in [4.69, 9.17) is 4.74 Å². The lowest BCUT2D eigenvalue weighted by Crippen LogP contribution is -2.35. The van der Waals surface area contributed by atoms with Gasteiger partial charge < -0.3 is 10.1 Å². The molecule has 138 valence electrons. The molecule has 0 bridgehead atoms. The van der Waals surface area contributed by atoms with Crippen molar-refractivity contribution in [2.75, 3.05) is 12.3 Å². The first kappa shape index (κ1) is 17.9. The van der Waals surface area contributed by atoms with Gasteiger partial charge in [-0.1, -0.05) is 17.8 Å². The standard InChI is InChI=1S/C19H18N4O2S2/c1-12-9-26-19(23-12)27-10-18(24)22-8-16-5-14-4-13(2-3-17(14)25-16)15-6-20-11-21-7-15/h2-4,6-7,9,11,16H,5,8,10H2,1H3,(H,22,24). The number of nitrogens with zero attached hydrogens (tertiary/aromatic N) is 3. The van der Waals surface area contributed by atoms with Crippen LogP contribution < -0.4 is 10.1 Å². The molecule has 2 aromatic heterocycles. The van der Waals surface area contributed by atoms with Gasteiger partial charge >= 0.3 is 0 Å². The minimum absolute atomic E-state index is 0.00506. The van der Waals surface area contributed by atoms with E-state index < -0.39 is 0 Å². The van der Waals surface area contributed by atoms with E-state index in [2.05, 4.69) is 26.3 Å². The summed E-state index contributed by atoms with van der Waals surface area (Å²) in [6.45, 7) is 2.45. The summed E-state index contributed by atoms with van der Waals surface area (Å²) < 4.78 is 6.87. The van der Waals surface area contributed by atoms with Crippen LogP contribution in [0.15, 0.2) is 46.6 Å². The lowest BCUT2D eigenvalue weighted by molar-refractivity contribution is -0.118. The molecule has 0 fully saturated rings. The number of ether oxygens (including phenoxy) is 1. The van der Waals surface area contributed by atoms with Gasteiger partial charge in [-0.3, -0.25) is 4.79 Å². The number of nitrogens with one attached hydrogen (secondary N) is 1. The lowest BCUT2D eigenvalue weighted by atomic mass is 10.0. The molecule has 8 heteroatoms. The fraction of sp³-hybridized carbons (Fsp3) is 0.263. The molecule has 1 aromatic carbocycles. The highest BCUT2D eigenvalue weighted by Gasteiger charge is 2.23. The molecule has 0 saturated heterocycles. The molecule has 0 spiro atoms. The van der Waals surface area contributed by atoms with Crippen LogP contribution in [0.2, 0.25) is 0 Å². The Morgan fingerprint density at radius 3 is 2.96 bits per heavy atom. The fourth-order valence-electron chi connectivity index (χ4n) is 2.87. The average molecular weight is 399 g/mol. The number of aryl methyl sites for hydroxylation is 1. The van der Waals surface area contributed by atoms with Crippen molar-refractivity contribution in [3.05, 3.63) is 53.6 Å². The maximum absolute atomic E-state index is 12.1. The first-order chi connectivity index (χ1) is 13.2. The van der Waals surface area contributed by atoms with Crippen LogP contribution in [0.25, 0.3) is 11.1 Å². The molecule has 0 radical (unpaired) electrons. The summed E-state index contributed by atoms with van der Waals surface area (Å²) >= 11 is 3.03. The minimum atomic E-state index is -0.0432. The summed E-state index contributed by atoms with van der Waals surface area (Å²) in [6, 6.07) is 6.09. The van der Waals surface area contributed by atoms with Crippen molar-refractivity contribution in [3.63, 3.8) is 0 Å². The molecular formula is C19H18N4O2S2. The van der Waals surface area contributed by atoms with Crippen LogP contribution in [0.1, 0.15) is 11.3 Å². The number of carbonyl (C=O) groups excluding carboxylic acids is 1. The SMILES string of the molecule is Cc1csc(SCC(=O)NCC2Cc3cc(-c4cncnc4)ccc3O2)n1. The monoisotopic (exact) mass is 398 g/mol. The van der Waals surface area contributed by atoms with E-state index in [1.165, 1.54) is 18.1 Å². The Morgan fingerprint density at radius 2 is 2.19 bits per heavy atom. The molecule has 0 saturated carbocycles. The van der Waals surface area contributed by atoms with E-state index in [1.807, 2.05) is 24.4 Å².